The van der Waals surface area contributed by atoms with Crippen LogP contribution in [-0.4, -0.2) is 20.6 Å². The van der Waals surface area contributed by atoms with Crippen LogP contribution in [0.25, 0.3) is 21.9 Å². The number of hydrogen-bond acceptors (Lipinski definition) is 2. The van der Waals surface area contributed by atoms with Crippen molar-refractivity contribution in [1.29, 1.82) is 0 Å². The van der Waals surface area contributed by atoms with Gasteiger partial charge in [-0.3, -0.25) is 0 Å². The van der Waals surface area contributed by atoms with Gasteiger partial charge in [-0.25, -0.2) is 14.2 Å². The number of aromatic nitrogens is 3. The predicted octanol–water partition coefficient (Wildman–Crippen LogP) is 5.66. The molecule has 0 bridgehead atoms. The quantitative estimate of drug-likeness (QED) is 0.354. The fraction of sp³-hybridized carbons (Fsp3) is 0.0833. The highest BCUT2D eigenvalue weighted by molar-refractivity contribution is 6.06. The van der Waals surface area contributed by atoms with Crippen LogP contribution in [0.5, 0.6) is 0 Å². The Balaban J connectivity index is 1.49. The van der Waals surface area contributed by atoms with E-state index in [1.807, 2.05) is 6.92 Å². The zero-order chi connectivity index (χ0) is 23.2. The van der Waals surface area contributed by atoms with Gasteiger partial charge in [0, 0.05) is 35.9 Å². The van der Waals surface area contributed by atoms with E-state index in [0.29, 0.717) is 33.2 Å². The van der Waals surface area contributed by atoms with Gasteiger partial charge in [0.15, 0.2) is 0 Å². The fourth-order valence-corrected chi connectivity index (χ4v) is 3.57. The van der Waals surface area contributed by atoms with Crippen LogP contribution in [0.2, 0.25) is 0 Å². The maximum absolute atomic E-state index is 14.0. The summed E-state index contributed by atoms with van der Waals surface area (Å²) in [7, 11) is 0. The van der Waals surface area contributed by atoms with Crippen molar-refractivity contribution in [1.82, 2.24) is 14.5 Å². The lowest BCUT2D eigenvalue weighted by Gasteiger charge is -2.11. The fourth-order valence-electron chi connectivity index (χ4n) is 3.57. The molecule has 0 spiro atoms. The number of nitrogens with zero attached hydrogens (tertiary/aromatic N) is 2. The van der Waals surface area contributed by atoms with Crippen LogP contribution < -0.4 is 10.6 Å². The Bertz CT molecular complexity index is 1510. The number of amides is 2. The second kappa shape index (κ2) is 7.60. The first-order chi connectivity index (χ1) is 15.8. The van der Waals surface area contributed by atoms with Gasteiger partial charge in [0.25, 0.3) is 0 Å². The first-order valence-electron chi connectivity index (χ1n) is 10.7. The summed E-state index contributed by atoms with van der Waals surface area (Å²) in [5, 5.41) is 6.62. The minimum absolute atomic E-state index is 0.0850. The maximum Gasteiger partial charge on any atom is 0.323 e. The first-order valence-corrected chi connectivity index (χ1v) is 9.72. The summed E-state index contributed by atoms with van der Waals surface area (Å²) in [6.45, 7) is -0.0688. The summed E-state index contributed by atoms with van der Waals surface area (Å²) >= 11 is 0. The molecule has 3 N–H and O–H groups in total. The van der Waals surface area contributed by atoms with E-state index in [1.54, 1.807) is 67.1 Å². The van der Waals surface area contributed by atoms with E-state index in [-0.39, 0.29) is 5.69 Å². The molecule has 0 atom stereocenters. The van der Waals surface area contributed by atoms with Crippen LogP contribution in [0.15, 0.2) is 73.2 Å². The molecular weight excluding hydrogens is 393 g/mol. The number of carbonyl (C=O) groups excluding carboxylic acids is 1. The summed E-state index contributed by atoms with van der Waals surface area (Å²) in [4.78, 5) is 19.8. The Kier molecular flexibility index (Phi) is 4.08. The van der Waals surface area contributed by atoms with Crippen LogP contribution in [0.1, 0.15) is 13.9 Å². The molecule has 5 rings (SSSR count). The van der Waals surface area contributed by atoms with Gasteiger partial charge >= 0.3 is 6.03 Å². The average molecular weight is 415 g/mol. The molecule has 0 aliphatic heterocycles. The van der Waals surface area contributed by atoms with Crippen LogP contribution in [0.3, 0.4) is 0 Å². The number of carbonyl (C=O) groups is 1. The van der Waals surface area contributed by atoms with Gasteiger partial charge in [0.05, 0.1) is 19.6 Å². The van der Waals surface area contributed by atoms with E-state index < -0.39 is 18.3 Å². The Morgan fingerprint density at radius 2 is 2.00 bits per heavy atom. The Labute approximate surface area is 180 Å². The van der Waals surface area contributed by atoms with E-state index in [1.165, 1.54) is 10.6 Å². The molecule has 0 fully saturated rings. The lowest BCUT2D eigenvalue weighted by atomic mass is 10.2. The highest BCUT2D eigenvalue weighted by Crippen LogP contribution is 2.27. The molecule has 0 aliphatic rings. The normalized spacial score (nSPS) is 12.6. The van der Waals surface area contributed by atoms with Crippen LogP contribution in [0, 0.1) is 12.7 Å². The molecule has 31 heavy (non-hydrogen) atoms. The molecule has 0 saturated heterocycles. The van der Waals surface area contributed by atoms with Gasteiger partial charge in [0.2, 0.25) is 0 Å². The molecule has 0 saturated carbocycles. The molecule has 0 aliphatic carbocycles. The number of anilines is 2. The Morgan fingerprint density at radius 3 is 2.90 bits per heavy atom. The van der Waals surface area contributed by atoms with E-state index >= 15 is 0 Å². The standard InChI is InChI=1S/C24H20FN5O/c1-15-5-6-19(25)21(13-15)29-24(31)28-20-3-2-4-22-18(20)9-12-30(22)14-16-7-10-26-23-17(16)8-11-27-23/h2-13H,14H2,1H3,(H,26,27)(H2,28,29,31)/i14D2. The van der Waals surface area contributed by atoms with Crippen molar-refractivity contribution in [2.45, 2.75) is 13.4 Å². The molecular formula is C24H20FN5O. The number of fused-ring (bicyclic) bond motifs is 2. The van der Waals surface area contributed by atoms with Crippen molar-refractivity contribution in [2.24, 2.45) is 0 Å². The molecule has 0 unspecified atom stereocenters. The van der Waals surface area contributed by atoms with Crippen molar-refractivity contribution >= 4 is 39.3 Å². The van der Waals surface area contributed by atoms with Gasteiger partial charge < -0.3 is 20.2 Å². The largest absolute Gasteiger partial charge is 0.346 e. The number of aromatic amines is 1. The van der Waals surface area contributed by atoms with Gasteiger partial charge in [-0.15, -0.1) is 0 Å². The van der Waals surface area contributed by atoms with Gasteiger partial charge in [-0.05, 0) is 60.5 Å². The molecule has 2 amide bonds. The molecule has 2 aromatic carbocycles. The van der Waals surface area contributed by atoms with E-state index in [4.69, 9.17) is 2.74 Å². The van der Waals surface area contributed by atoms with E-state index in [0.717, 1.165) is 5.56 Å². The molecule has 3 aromatic heterocycles. The molecule has 7 heteroatoms. The third-order valence-corrected chi connectivity index (χ3v) is 5.05. The van der Waals surface area contributed by atoms with Crippen molar-refractivity contribution in [3.05, 3.63) is 90.1 Å². The predicted molar refractivity (Wildman–Crippen MR) is 121 cm³/mol. The third kappa shape index (κ3) is 3.61. The molecule has 6 nitrogen and oxygen atoms in total. The van der Waals surface area contributed by atoms with Gasteiger partial charge in [0.1, 0.15) is 11.5 Å². The minimum atomic E-state index is -1.88. The molecule has 3 heterocycles. The second-order valence-electron chi connectivity index (χ2n) is 7.20. The molecule has 0 radical (unpaired) electrons. The highest BCUT2D eigenvalue weighted by atomic mass is 19.1. The smallest absolute Gasteiger partial charge is 0.323 e. The van der Waals surface area contributed by atoms with Crippen LogP contribution in [0.4, 0.5) is 20.6 Å². The second-order valence-corrected chi connectivity index (χ2v) is 7.20. The van der Waals surface area contributed by atoms with Gasteiger partial charge in [-0.2, -0.15) is 0 Å². The number of H-pyrrole nitrogens is 1. The highest BCUT2D eigenvalue weighted by Gasteiger charge is 2.12. The summed E-state index contributed by atoms with van der Waals surface area (Å²) in [5.74, 6) is -0.526. The number of pyridine rings is 1. The van der Waals surface area contributed by atoms with E-state index in [2.05, 4.69) is 20.6 Å². The summed E-state index contributed by atoms with van der Waals surface area (Å²) in [5.41, 5.74) is 3.06. The maximum atomic E-state index is 14.0. The minimum Gasteiger partial charge on any atom is -0.346 e. The van der Waals surface area contributed by atoms with E-state index in [9.17, 15) is 9.18 Å². The molecule has 154 valence electrons. The number of hydrogen-bond donors (Lipinski definition) is 3. The zero-order valence-electron chi connectivity index (χ0n) is 18.6. The number of urea groups is 1. The number of nitrogens with one attached hydrogen (secondary N) is 3. The topological polar surface area (TPSA) is 74.7 Å². The lowest BCUT2D eigenvalue weighted by Crippen LogP contribution is -2.20. The third-order valence-electron chi connectivity index (χ3n) is 5.05. The number of aryl methyl sites for hydroxylation is 1. The Hall–Kier alpha value is -4.13. The first kappa shape index (κ1) is 16.6. The monoisotopic (exact) mass is 415 g/mol. The number of benzene rings is 2. The van der Waals surface area contributed by atoms with Crippen LogP contribution in [-0.2, 0) is 6.50 Å². The lowest BCUT2D eigenvalue weighted by molar-refractivity contribution is 0.262. The summed E-state index contributed by atoms with van der Waals surface area (Å²) in [6, 6.07) is 14.3. The van der Waals surface area contributed by atoms with Crippen molar-refractivity contribution in [2.75, 3.05) is 10.6 Å². The Morgan fingerprint density at radius 1 is 1.13 bits per heavy atom. The van der Waals surface area contributed by atoms with Crippen LogP contribution >= 0.6 is 0 Å². The van der Waals surface area contributed by atoms with Gasteiger partial charge in [-0.1, -0.05) is 12.1 Å². The van der Waals surface area contributed by atoms with Crippen molar-refractivity contribution in [3.63, 3.8) is 0 Å². The summed E-state index contributed by atoms with van der Waals surface area (Å²) < 4.78 is 33.3. The zero-order valence-corrected chi connectivity index (χ0v) is 16.6. The SMILES string of the molecule is [2H]C([2H])(c1ccnc2[nH]ccc12)n1ccc2c(NC(=O)Nc3cc(C)ccc3F)cccc21. The molecule has 5 aromatic rings. The van der Waals surface area contributed by atoms with Crippen molar-refractivity contribution in [3.8, 4) is 0 Å². The average Bonchev–Trinajstić information content (AvgIpc) is 3.44. The number of halogens is 1. The summed E-state index contributed by atoms with van der Waals surface area (Å²) in [6.07, 6.45) is 4.94. The van der Waals surface area contributed by atoms with Crippen molar-refractivity contribution < 1.29 is 11.9 Å². The number of rotatable bonds is 4.